The van der Waals surface area contributed by atoms with Crippen molar-refractivity contribution in [2.45, 2.75) is 32.7 Å². The lowest BCUT2D eigenvalue weighted by molar-refractivity contribution is -0.116. The molecule has 0 aromatic heterocycles. The third-order valence-corrected chi connectivity index (χ3v) is 3.89. The van der Waals surface area contributed by atoms with Crippen LogP contribution in [0.1, 0.15) is 30.9 Å². The molecule has 2 N–H and O–H groups in total. The van der Waals surface area contributed by atoms with Crippen molar-refractivity contribution in [3.63, 3.8) is 0 Å². The average Bonchev–Trinajstić information content (AvgIpc) is 2.61. The van der Waals surface area contributed by atoms with Crippen LogP contribution in [0, 0.1) is 0 Å². The first-order valence-electron chi connectivity index (χ1n) is 8.44. The molecule has 0 fully saturated rings. The van der Waals surface area contributed by atoms with Crippen molar-refractivity contribution in [2.75, 3.05) is 19.0 Å². The van der Waals surface area contributed by atoms with E-state index in [0.717, 1.165) is 42.9 Å². The Morgan fingerprint density at radius 3 is 2.54 bits per heavy atom. The largest absolute Gasteiger partial charge is 0.497 e. The van der Waals surface area contributed by atoms with Crippen molar-refractivity contribution < 1.29 is 9.53 Å². The molecule has 2 rings (SSSR count). The lowest BCUT2D eigenvalue weighted by atomic mass is 10.1. The van der Waals surface area contributed by atoms with E-state index >= 15 is 0 Å². The summed E-state index contributed by atoms with van der Waals surface area (Å²) in [4.78, 5) is 12.2. The van der Waals surface area contributed by atoms with Gasteiger partial charge in [-0.25, -0.2) is 0 Å². The zero-order chi connectivity index (χ0) is 17.2. The fraction of sp³-hybridized carbons (Fsp3) is 0.350. The highest BCUT2D eigenvalue weighted by Gasteiger charge is 2.06. The van der Waals surface area contributed by atoms with Gasteiger partial charge in [0.25, 0.3) is 0 Å². The van der Waals surface area contributed by atoms with Crippen LogP contribution in [0.4, 0.5) is 5.69 Å². The number of aryl methyl sites for hydroxylation is 1. The second-order valence-corrected chi connectivity index (χ2v) is 5.69. The first kappa shape index (κ1) is 18.0. The van der Waals surface area contributed by atoms with Crippen LogP contribution in [0.2, 0.25) is 0 Å². The molecule has 0 saturated carbocycles. The van der Waals surface area contributed by atoms with Gasteiger partial charge in [0.15, 0.2) is 0 Å². The van der Waals surface area contributed by atoms with Gasteiger partial charge in [-0.3, -0.25) is 4.79 Å². The minimum Gasteiger partial charge on any atom is -0.497 e. The molecule has 0 radical (unpaired) electrons. The van der Waals surface area contributed by atoms with Gasteiger partial charge in [-0.2, -0.15) is 0 Å². The van der Waals surface area contributed by atoms with Gasteiger partial charge in [-0.1, -0.05) is 37.3 Å². The Bertz CT molecular complexity index is 638. The summed E-state index contributed by atoms with van der Waals surface area (Å²) in [6, 6.07) is 15.9. The summed E-state index contributed by atoms with van der Waals surface area (Å²) in [6.45, 7) is 3.74. The van der Waals surface area contributed by atoms with Crippen LogP contribution in [0.5, 0.6) is 5.75 Å². The number of anilines is 1. The summed E-state index contributed by atoms with van der Waals surface area (Å²) in [5, 5.41) is 6.32. The van der Waals surface area contributed by atoms with E-state index < -0.39 is 0 Å². The molecule has 4 nitrogen and oxygen atoms in total. The summed E-state index contributed by atoms with van der Waals surface area (Å²) in [6.07, 6.45) is 2.23. The van der Waals surface area contributed by atoms with Crippen LogP contribution in [-0.2, 0) is 17.8 Å². The second-order valence-electron chi connectivity index (χ2n) is 5.69. The molecule has 0 bridgehead atoms. The molecule has 2 aromatic carbocycles. The summed E-state index contributed by atoms with van der Waals surface area (Å²) >= 11 is 0. The van der Waals surface area contributed by atoms with E-state index in [-0.39, 0.29) is 5.91 Å². The monoisotopic (exact) mass is 326 g/mol. The quantitative estimate of drug-likeness (QED) is 0.737. The van der Waals surface area contributed by atoms with E-state index in [4.69, 9.17) is 4.74 Å². The van der Waals surface area contributed by atoms with Gasteiger partial charge in [0.1, 0.15) is 5.75 Å². The van der Waals surface area contributed by atoms with Crippen LogP contribution in [0.25, 0.3) is 0 Å². The topological polar surface area (TPSA) is 50.4 Å². The van der Waals surface area contributed by atoms with E-state index in [0.29, 0.717) is 6.42 Å². The Morgan fingerprint density at radius 1 is 1.08 bits per heavy atom. The summed E-state index contributed by atoms with van der Waals surface area (Å²) < 4.78 is 5.15. The van der Waals surface area contributed by atoms with Gasteiger partial charge < -0.3 is 15.4 Å². The Labute approximate surface area is 144 Å². The third kappa shape index (κ3) is 5.70. The van der Waals surface area contributed by atoms with Gasteiger partial charge >= 0.3 is 0 Å². The first-order valence-corrected chi connectivity index (χ1v) is 8.44. The Hall–Kier alpha value is -2.33. The number of amides is 1. The maximum absolute atomic E-state index is 12.2. The number of carbonyl (C=O) groups excluding carboxylic acids is 1. The molecule has 0 aliphatic rings. The van der Waals surface area contributed by atoms with Crippen molar-refractivity contribution in [2.24, 2.45) is 0 Å². The zero-order valence-electron chi connectivity index (χ0n) is 14.5. The van der Waals surface area contributed by atoms with Gasteiger partial charge in [-0.05, 0) is 48.7 Å². The maximum Gasteiger partial charge on any atom is 0.224 e. The molecular weight excluding hydrogens is 300 g/mol. The smallest absolute Gasteiger partial charge is 0.224 e. The van der Waals surface area contributed by atoms with Crippen molar-refractivity contribution in [3.8, 4) is 5.75 Å². The number of hydrogen-bond donors (Lipinski definition) is 2. The lowest BCUT2D eigenvalue weighted by Gasteiger charge is -2.11. The van der Waals surface area contributed by atoms with Crippen molar-refractivity contribution in [1.82, 2.24) is 5.32 Å². The van der Waals surface area contributed by atoms with Gasteiger partial charge in [0, 0.05) is 18.7 Å². The predicted octanol–water partition coefficient (Wildman–Crippen LogP) is 3.77. The number of rotatable bonds is 9. The SMILES string of the molecule is CCNCc1ccccc1NC(=O)CCCc1ccc(OC)cc1. The van der Waals surface area contributed by atoms with Crippen molar-refractivity contribution in [1.29, 1.82) is 0 Å². The molecule has 0 saturated heterocycles. The number of ether oxygens (including phenoxy) is 1. The summed E-state index contributed by atoms with van der Waals surface area (Å²) in [5.41, 5.74) is 3.23. The Morgan fingerprint density at radius 2 is 1.83 bits per heavy atom. The summed E-state index contributed by atoms with van der Waals surface area (Å²) in [7, 11) is 1.66. The van der Waals surface area contributed by atoms with E-state index in [1.54, 1.807) is 7.11 Å². The van der Waals surface area contributed by atoms with Gasteiger partial charge in [0.05, 0.1) is 7.11 Å². The third-order valence-electron chi connectivity index (χ3n) is 3.89. The fourth-order valence-corrected chi connectivity index (χ4v) is 2.51. The number of methoxy groups -OCH3 is 1. The van der Waals surface area contributed by atoms with Crippen LogP contribution < -0.4 is 15.4 Å². The Kier molecular flexibility index (Phi) is 7.30. The number of benzene rings is 2. The highest BCUT2D eigenvalue weighted by Crippen LogP contribution is 2.16. The average molecular weight is 326 g/mol. The molecule has 4 heteroatoms. The van der Waals surface area contributed by atoms with E-state index in [2.05, 4.69) is 17.6 Å². The second kappa shape index (κ2) is 9.73. The molecule has 128 valence electrons. The standard InChI is InChI=1S/C20H26N2O2/c1-3-21-15-17-8-4-5-9-19(17)22-20(23)10-6-7-16-11-13-18(24-2)14-12-16/h4-5,8-9,11-14,21H,3,6-7,10,15H2,1-2H3,(H,22,23). The molecule has 0 aliphatic carbocycles. The van der Waals surface area contributed by atoms with E-state index in [1.807, 2.05) is 48.5 Å². The highest BCUT2D eigenvalue weighted by molar-refractivity contribution is 5.91. The molecule has 2 aromatic rings. The van der Waals surface area contributed by atoms with Crippen molar-refractivity contribution in [3.05, 3.63) is 59.7 Å². The highest BCUT2D eigenvalue weighted by atomic mass is 16.5. The number of para-hydroxylation sites is 1. The van der Waals surface area contributed by atoms with Gasteiger partial charge in [-0.15, -0.1) is 0 Å². The predicted molar refractivity (Wildman–Crippen MR) is 98.4 cm³/mol. The molecule has 0 spiro atoms. The van der Waals surface area contributed by atoms with Gasteiger partial charge in [0.2, 0.25) is 5.91 Å². The molecule has 0 heterocycles. The van der Waals surface area contributed by atoms with E-state index in [9.17, 15) is 4.79 Å². The fourth-order valence-electron chi connectivity index (χ4n) is 2.51. The molecule has 0 unspecified atom stereocenters. The molecule has 1 amide bonds. The first-order chi connectivity index (χ1) is 11.7. The summed E-state index contributed by atoms with van der Waals surface area (Å²) in [5.74, 6) is 0.918. The molecule has 24 heavy (non-hydrogen) atoms. The molecule has 0 atom stereocenters. The lowest BCUT2D eigenvalue weighted by Crippen LogP contribution is -2.16. The van der Waals surface area contributed by atoms with E-state index in [1.165, 1.54) is 5.56 Å². The normalized spacial score (nSPS) is 10.4. The van der Waals surface area contributed by atoms with Crippen LogP contribution in [0.3, 0.4) is 0 Å². The van der Waals surface area contributed by atoms with Crippen LogP contribution >= 0.6 is 0 Å². The zero-order valence-corrected chi connectivity index (χ0v) is 14.5. The number of nitrogens with one attached hydrogen (secondary N) is 2. The molecular formula is C20H26N2O2. The minimum atomic E-state index is 0.0625. The van der Waals surface area contributed by atoms with Crippen molar-refractivity contribution >= 4 is 11.6 Å². The number of carbonyl (C=O) groups is 1. The maximum atomic E-state index is 12.2. The number of hydrogen-bond acceptors (Lipinski definition) is 3. The molecule has 0 aliphatic heterocycles. The van der Waals surface area contributed by atoms with Crippen LogP contribution in [-0.4, -0.2) is 19.6 Å². The van der Waals surface area contributed by atoms with Crippen LogP contribution in [0.15, 0.2) is 48.5 Å². The Balaban J connectivity index is 1.80. The minimum absolute atomic E-state index is 0.0625.